The van der Waals surface area contributed by atoms with Crippen LogP contribution in [0.25, 0.3) is 0 Å². The summed E-state index contributed by atoms with van der Waals surface area (Å²) in [6, 6.07) is 5.50. The van der Waals surface area contributed by atoms with Gasteiger partial charge in [0.1, 0.15) is 0 Å². The number of ether oxygens (including phenoxy) is 2. The highest BCUT2D eigenvalue weighted by molar-refractivity contribution is 5.80. The monoisotopic (exact) mass is 222 g/mol. The van der Waals surface area contributed by atoms with Crippen LogP contribution in [0.15, 0.2) is 18.2 Å². The minimum Gasteiger partial charge on any atom is -0.454 e. The molecule has 0 radical (unpaired) electrons. The second kappa shape index (κ2) is 4.74. The summed E-state index contributed by atoms with van der Waals surface area (Å²) in [5.41, 5.74) is 0.843. The summed E-state index contributed by atoms with van der Waals surface area (Å²) in [5.74, 6) is 1.42. The Labute approximate surface area is 93.7 Å². The quantitative estimate of drug-likeness (QED) is 0.796. The molecule has 0 fully saturated rings. The third-order valence-corrected chi connectivity index (χ3v) is 2.20. The zero-order valence-electron chi connectivity index (χ0n) is 9.08. The van der Waals surface area contributed by atoms with Crippen molar-refractivity contribution >= 4 is 11.6 Å². The van der Waals surface area contributed by atoms with Crippen molar-refractivity contribution in [2.24, 2.45) is 0 Å². The third-order valence-electron chi connectivity index (χ3n) is 2.20. The molecule has 0 unspecified atom stereocenters. The van der Waals surface area contributed by atoms with Crippen LogP contribution in [-0.4, -0.2) is 25.8 Å². The lowest BCUT2D eigenvalue weighted by Gasteiger charge is -2.06. The number of likely N-dealkylation sites (N-methyl/N-ethyl adjacent to an activating group) is 1. The molecule has 0 saturated heterocycles. The number of anilines is 1. The van der Waals surface area contributed by atoms with E-state index in [9.17, 15) is 4.79 Å². The summed E-state index contributed by atoms with van der Waals surface area (Å²) in [5, 5.41) is 5.72. The minimum atomic E-state index is -0.0276. The summed E-state index contributed by atoms with van der Waals surface area (Å²) < 4.78 is 10.4. The van der Waals surface area contributed by atoms with Gasteiger partial charge in [-0.1, -0.05) is 0 Å². The molecule has 0 saturated carbocycles. The number of fused-ring (bicyclic) bond motifs is 1. The molecule has 0 aromatic heterocycles. The van der Waals surface area contributed by atoms with Crippen molar-refractivity contribution in [3.05, 3.63) is 18.2 Å². The van der Waals surface area contributed by atoms with Gasteiger partial charge in [0.05, 0.1) is 6.54 Å². The van der Waals surface area contributed by atoms with Crippen molar-refractivity contribution in [1.29, 1.82) is 0 Å². The molecule has 1 aromatic carbocycles. The first-order valence-corrected chi connectivity index (χ1v) is 5.20. The van der Waals surface area contributed by atoms with Crippen molar-refractivity contribution in [2.45, 2.75) is 6.92 Å². The van der Waals surface area contributed by atoms with Gasteiger partial charge in [-0.25, -0.2) is 0 Å². The van der Waals surface area contributed by atoms with E-state index >= 15 is 0 Å². The average Bonchev–Trinajstić information content (AvgIpc) is 2.74. The van der Waals surface area contributed by atoms with Gasteiger partial charge in [-0.3, -0.25) is 4.79 Å². The van der Waals surface area contributed by atoms with Crippen molar-refractivity contribution in [3.8, 4) is 11.5 Å². The number of hydrogen-bond acceptors (Lipinski definition) is 4. The Morgan fingerprint density at radius 1 is 1.38 bits per heavy atom. The van der Waals surface area contributed by atoms with Crippen molar-refractivity contribution in [2.75, 3.05) is 25.2 Å². The molecule has 16 heavy (non-hydrogen) atoms. The summed E-state index contributed by atoms with van der Waals surface area (Å²) in [6.45, 7) is 3.04. The predicted molar refractivity (Wildman–Crippen MR) is 59.7 cm³/mol. The number of amides is 1. The largest absolute Gasteiger partial charge is 0.454 e. The Hall–Kier alpha value is -1.91. The molecule has 0 spiro atoms. The summed E-state index contributed by atoms with van der Waals surface area (Å²) in [6.07, 6.45) is 0. The number of carbonyl (C=O) groups excluding carboxylic acids is 1. The van der Waals surface area contributed by atoms with Crippen LogP contribution in [0.1, 0.15) is 6.92 Å². The van der Waals surface area contributed by atoms with Crippen LogP contribution in [0.5, 0.6) is 11.5 Å². The topological polar surface area (TPSA) is 59.6 Å². The van der Waals surface area contributed by atoms with Crippen LogP contribution >= 0.6 is 0 Å². The van der Waals surface area contributed by atoms with E-state index in [4.69, 9.17) is 9.47 Å². The molecule has 0 bridgehead atoms. The van der Waals surface area contributed by atoms with Crippen LogP contribution in [-0.2, 0) is 4.79 Å². The molecule has 0 aliphatic carbocycles. The average molecular weight is 222 g/mol. The fourth-order valence-electron chi connectivity index (χ4n) is 1.45. The van der Waals surface area contributed by atoms with Crippen molar-refractivity contribution in [3.63, 3.8) is 0 Å². The molecular formula is C11H14N2O3. The van der Waals surface area contributed by atoms with E-state index in [2.05, 4.69) is 10.6 Å². The second-order valence-electron chi connectivity index (χ2n) is 3.38. The van der Waals surface area contributed by atoms with E-state index < -0.39 is 0 Å². The lowest BCUT2D eigenvalue weighted by atomic mass is 10.3. The Morgan fingerprint density at radius 2 is 2.19 bits per heavy atom. The van der Waals surface area contributed by atoms with E-state index in [-0.39, 0.29) is 19.2 Å². The first kappa shape index (κ1) is 10.6. The molecule has 5 heteroatoms. The fraction of sp³-hybridized carbons (Fsp3) is 0.364. The molecule has 1 aromatic rings. The van der Waals surface area contributed by atoms with Gasteiger partial charge in [0, 0.05) is 18.3 Å². The number of rotatable bonds is 4. The standard InChI is InChI=1S/C11H14N2O3/c1-2-12-11(14)6-13-8-3-4-9-10(5-8)16-7-15-9/h3-5,13H,2,6-7H2,1H3,(H,12,14). The highest BCUT2D eigenvalue weighted by Gasteiger charge is 2.13. The van der Waals surface area contributed by atoms with Gasteiger partial charge in [-0.2, -0.15) is 0 Å². The van der Waals surface area contributed by atoms with Crippen molar-refractivity contribution < 1.29 is 14.3 Å². The van der Waals surface area contributed by atoms with Gasteiger partial charge < -0.3 is 20.1 Å². The van der Waals surface area contributed by atoms with E-state index in [0.29, 0.717) is 12.3 Å². The normalized spacial score (nSPS) is 12.3. The van der Waals surface area contributed by atoms with Crippen LogP contribution in [0, 0.1) is 0 Å². The van der Waals surface area contributed by atoms with Crippen molar-refractivity contribution in [1.82, 2.24) is 5.32 Å². The molecular weight excluding hydrogens is 208 g/mol. The van der Waals surface area contributed by atoms with Gasteiger partial charge in [-0.05, 0) is 19.1 Å². The molecule has 1 amide bonds. The van der Waals surface area contributed by atoms with Gasteiger partial charge in [-0.15, -0.1) is 0 Å². The second-order valence-corrected chi connectivity index (χ2v) is 3.38. The maximum Gasteiger partial charge on any atom is 0.239 e. The van der Waals surface area contributed by atoms with E-state index in [1.54, 1.807) is 0 Å². The molecule has 2 N–H and O–H groups in total. The van der Waals surface area contributed by atoms with Crippen LogP contribution in [0.3, 0.4) is 0 Å². The molecule has 5 nitrogen and oxygen atoms in total. The minimum absolute atomic E-state index is 0.0276. The molecule has 2 rings (SSSR count). The van der Waals surface area contributed by atoms with Gasteiger partial charge in [0.25, 0.3) is 0 Å². The Kier molecular flexibility index (Phi) is 3.14. The maximum atomic E-state index is 11.2. The first-order chi connectivity index (χ1) is 7.79. The predicted octanol–water partition coefficient (Wildman–Crippen LogP) is 0.963. The Morgan fingerprint density at radius 3 is 3.00 bits per heavy atom. The van der Waals surface area contributed by atoms with Gasteiger partial charge in [0.15, 0.2) is 11.5 Å². The van der Waals surface area contributed by atoms with Crippen LogP contribution in [0.2, 0.25) is 0 Å². The first-order valence-electron chi connectivity index (χ1n) is 5.20. The highest BCUT2D eigenvalue weighted by Crippen LogP contribution is 2.33. The van der Waals surface area contributed by atoms with Crippen LogP contribution in [0.4, 0.5) is 5.69 Å². The maximum absolute atomic E-state index is 11.2. The zero-order chi connectivity index (χ0) is 11.4. The molecule has 1 heterocycles. The number of nitrogens with one attached hydrogen (secondary N) is 2. The van der Waals surface area contributed by atoms with Crippen LogP contribution < -0.4 is 20.1 Å². The smallest absolute Gasteiger partial charge is 0.239 e. The summed E-state index contributed by atoms with van der Waals surface area (Å²) >= 11 is 0. The summed E-state index contributed by atoms with van der Waals surface area (Å²) in [4.78, 5) is 11.2. The molecule has 0 atom stereocenters. The zero-order valence-corrected chi connectivity index (χ0v) is 9.08. The van der Waals surface area contributed by atoms with E-state index in [1.165, 1.54) is 0 Å². The highest BCUT2D eigenvalue weighted by atomic mass is 16.7. The lowest BCUT2D eigenvalue weighted by Crippen LogP contribution is -2.29. The lowest BCUT2D eigenvalue weighted by molar-refractivity contribution is -0.119. The summed E-state index contributed by atoms with van der Waals surface area (Å²) in [7, 11) is 0. The Bertz CT molecular complexity index is 393. The van der Waals surface area contributed by atoms with E-state index in [0.717, 1.165) is 11.4 Å². The number of benzene rings is 1. The van der Waals surface area contributed by atoms with E-state index in [1.807, 2.05) is 25.1 Å². The molecule has 1 aliphatic rings. The number of hydrogen-bond donors (Lipinski definition) is 2. The molecule has 1 aliphatic heterocycles. The number of carbonyl (C=O) groups is 1. The third kappa shape index (κ3) is 2.36. The molecule has 86 valence electrons. The van der Waals surface area contributed by atoms with Gasteiger partial charge >= 0.3 is 0 Å². The Balaban J connectivity index is 1.93. The fourth-order valence-corrected chi connectivity index (χ4v) is 1.45. The van der Waals surface area contributed by atoms with Gasteiger partial charge in [0.2, 0.25) is 12.7 Å². The SMILES string of the molecule is CCNC(=O)CNc1ccc2c(c1)OCO2.